The van der Waals surface area contributed by atoms with Gasteiger partial charge >= 0.3 is 5.89 Å². The lowest BCUT2D eigenvalue weighted by atomic mass is 9.82. The Bertz CT molecular complexity index is 1890. The van der Waals surface area contributed by atoms with Gasteiger partial charge in [0.1, 0.15) is 16.0 Å². The molecule has 10 nitrogen and oxygen atoms in total. The first-order chi connectivity index (χ1) is 19.9. The summed E-state index contributed by atoms with van der Waals surface area (Å²) in [5, 5.41) is 0. The Labute approximate surface area is 253 Å². The summed E-state index contributed by atoms with van der Waals surface area (Å²) in [6, 6.07) is 10.6. The highest BCUT2D eigenvalue weighted by molar-refractivity contribution is 7.85. The van der Waals surface area contributed by atoms with Gasteiger partial charge in [-0.3, -0.25) is 4.90 Å². The summed E-state index contributed by atoms with van der Waals surface area (Å²) in [7, 11) is -9.43. The third kappa shape index (κ3) is 7.13. The van der Waals surface area contributed by atoms with E-state index in [1.165, 1.54) is 9.47 Å². The number of fused-ring (bicyclic) bond motifs is 2. The van der Waals surface area contributed by atoms with E-state index >= 15 is 0 Å². The average Bonchev–Trinajstić information content (AvgIpc) is 3.42. The van der Waals surface area contributed by atoms with E-state index in [9.17, 15) is 25.9 Å². The van der Waals surface area contributed by atoms with Crippen molar-refractivity contribution in [2.24, 2.45) is 0 Å². The summed E-state index contributed by atoms with van der Waals surface area (Å²) in [5.74, 6) is 1.52. The predicted molar refractivity (Wildman–Crippen MR) is 162 cm³/mol. The molecule has 0 bridgehead atoms. The molecule has 0 saturated heterocycles. The fraction of sp³-hybridized carbons (Fsp3) is 0.387. The molecule has 0 atom stereocenters. The molecule has 0 spiro atoms. The lowest BCUT2D eigenvalue weighted by Gasteiger charge is -2.25. The number of oxazole rings is 1. The monoisotopic (exact) mass is 627 g/mol. The maximum absolute atomic E-state index is 11.9. The van der Waals surface area contributed by atoms with Gasteiger partial charge in [-0.15, -0.1) is 11.0 Å². The van der Waals surface area contributed by atoms with Gasteiger partial charge in [0.2, 0.25) is 17.3 Å². The van der Waals surface area contributed by atoms with Crippen LogP contribution < -0.4 is 14.2 Å². The highest BCUT2D eigenvalue weighted by atomic mass is 32.2. The number of anilines is 1. The first kappa shape index (κ1) is 32.3. The van der Waals surface area contributed by atoms with Gasteiger partial charge in [0.05, 0.1) is 17.2 Å². The van der Waals surface area contributed by atoms with Crippen LogP contribution in [0.2, 0.25) is 0 Å². The highest BCUT2D eigenvalue weighted by Crippen LogP contribution is 2.43. The molecule has 2 aromatic carbocycles. The number of benzene rings is 2. The Morgan fingerprint density at radius 1 is 1.02 bits per heavy atom. The van der Waals surface area contributed by atoms with E-state index in [-0.39, 0.29) is 17.2 Å². The number of ether oxygens (including phenoxy) is 1. The molecular formula is C31H35N2O8S2-. The minimum Gasteiger partial charge on any atom is -0.747 e. The second-order valence-corrected chi connectivity index (χ2v) is 14.4. The summed E-state index contributed by atoms with van der Waals surface area (Å²) in [5.41, 5.74) is 2.50. The first-order valence-corrected chi connectivity index (χ1v) is 16.9. The van der Waals surface area contributed by atoms with Crippen LogP contribution in [0.1, 0.15) is 71.4 Å². The van der Waals surface area contributed by atoms with E-state index in [0.717, 1.165) is 17.5 Å². The molecule has 0 saturated carbocycles. The number of hydrogen-bond acceptors (Lipinski definition) is 9. The molecule has 12 heteroatoms. The molecule has 230 valence electrons. The Kier molecular flexibility index (Phi) is 8.61. The molecule has 0 fully saturated rings. The molecule has 0 amide bonds. The van der Waals surface area contributed by atoms with E-state index in [4.69, 9.17) is 15.6 Å². The fourth-order valence-electron chi connectivity index (χ4n) is 4.66. The number of allylic oxidation sites excluding steroid dienone is 2. The van der Waals surface area contributed by atoms with Gasteiger partial charge in [0.15, 0.2) is 15.9 Å². The van der Waals surface area contributed by atoms with Crippen LogP contribution in [0.5, 0.6) is 5.75 Å². The average molecular weight is 628 g/mol. The Morgan fingerprint density at radius 2 is 1.70 bits per heavy atom. The minimum absolute atomic E-state index is 0.0734. The third-order valence-corrected chi connectivity index (χ3v) is 8.96. The zero-order valence-corrected chi connectivity index (χ0v) is 26.6. The van der Waals surface area contributed by atoms with Crippen LogP contribution in [0.15, 0.2) is 58.3 Å². The van der Waals surface area contributed by atoms with E-state index in [1.807, 2.05) is 39.8 Å². The van der Waals surface area contributed by atoms with Crippen LogP contribution in [-0.2, 0) is 36.9 Å². The van der Waals surface area contributed by atoms with Crippen LogP contribution >= 0.6 is 0 Å². The van der Waals surface area contributed by atoms with E-state index in [0.29, 0.717) is 34.5 Å². The molecule has 43 heavy (non-hydrogen) atoms. The molecule has 4 rings (SSSR count). The Balaban J connectivity index is 1.86. The second kappa shape index (κ2) is 11.5. The van der Waals surface area contributed by atoms with Crippen molar-refractivity contribution in [3.05, 3.63) is 70.9 Å². The Hall–Kier alpha value is -3.63. The summed E-state index contributed by atoms with van der Waals surface area (Å²) in [6.45, 7) is 11.7. The molecule has 0 radical (unpaired) electrons. The highest BCUT2D eigenvalue weighted by Gasteiger charge is 2.31. The van der Waals surface area contributed by atoms with Crippen molar-refractivity contribution in [2.45, 2.75) is 71.1 Å². The Morgan fingerprint density at radius 3 is 2.28 bits per heavy atom. The van der Waals surface area contributed by atoms with Crippen LogP contribution in [0.3, 0.4) is 0 Å². The largest absolute Gasteiger partial charge is 0.747 e. The van der Waals surface area contributed by atoms with Gasteiger partial charge in [0, 0.05) is 12.1 Å². The topological polar surface area (TPSA) is 144 Å². The smallest absolute Gasteiger partial charge is 0.375 e. The zero-order valence-electron chi connectivity index (χ0n) is 25.0. The third-order valence-electron chi connectivity index (χ3n) is 7.81. The maximum Gasteiger partial charge on any atom is 0.375 e. The molecule has 0 N–H and O–H groups in total. The molecule has 3 aromatic rings. The molecule has 0 aliphatic carbocycles. The molecular weight excluding hydrogens is 592 g/mol. The van der Waals surface area contributed by atoms with Gasteiger partial charge in [-0.05, 0) is 67.0 Å². The SMILES string of the molecule is C#CC(C)(C)c1ccc2oc(C=C(C=C3Oc4ccc(C(C)(C)CC)cc4N3CS(=O)(=O)[O-])CC)[n+](CS(=O)(=O)[O-])c2c1. The fourth-order valence-corrected chi connectivity index (χ4v) is 5.82. The lowest BCUT2D eigenvalue weighted by molar-refractivity contribution is -0.658. The molecule has 1 aliphatic heterocycles. The van der Waals surface area contributed by atoms with Crippen molar-refractivity contribution >= 4 is 43.1 Å². The number of rotatable bonds is 10. The predicted octanol–water partition coefficient (Wildman–Crippen LogP) is 4.86. The van der Waals surface area contributed by atoms with E-state index in [2.05, 4.69) is 19.8 Å². The van der Waals surface area contributed by atoms with Gasteiger partial charge < -0.3 is 18.3 Å². The van der Waals surface area contributed by atoms with Crippen molar-refractivity contribution in [3.8, 4) is 18.1 Å². The van der Waals surface area contributed by atoms with Crippen LogP contribution in [-0.4, -0.2) is 31.8 Å². The number of nitrogens with zero attached hydrogens (tertiary/aromatic N) is 2. The molecule has 0 unspecified atom stereocenters. The van der Waals surface area contributed by atoms with E-state index < -0.39 is 37.4 Å². The van der Waals surface area contributed by atoms with Crippen LogP contribution in [0, 0.1) is 12.3 Å². The van der Waals surface area contributed by atoms with Crippen molar-refractivity contribution in [1.82, 2.24) is 0 Å². The van der Waals surface area contributed by atoms with E-state index in [1.54, 1.807) is 36.4 Å². The van der Waals surface area contributed by atoms with Crippen molar-refractivity contribution in [3.63, 3.8) is 0 Å². The van der Waals surface area contributed by atoms with Gasteiger partial charge in [0.25, 0.3) is 5.52 Å². The standard InChI is InChI=1S/C31H36N2O8S2/c1-8-21(15-28-32(19-42(34,35)36)24-17-22(30(4,5)9-2)11-13-26(24)40-28)16-29-33(20-43(37,38)39)25-18-23(31(6,7)10-3)12-14-27(25)41-29/h2,11-18H,8,10,19-20H2,1,3-7H3,(H-,34,35,36,37,38,39)/p-1. The molecule has 2 heterocycles. The van der Waals surface area contributed by atoms with Gasteiger partial charge in [-0.25, -0.2) is 16.8 Å². The van der Waals surface area contributed by atoms with Gasteiger partial charge in [-0.2, -0.15) is 0 Å². The van der Waals surface area contributed by atoms with Gasteiger partial charge in [-0.1, -0.05) is 45.7 Å². The minimum atomic E-state index is -4.73. The van der Waals surface area contributed by atoms with Crippen molar-refractivity contribution in [2.75, 3.05) is 10.8 Å². The molecule has 1 aliphatic rings. The maximum atomic E-state index is 11.9. The number of aromatic nitrogens is 1. The normalized spacial score (nSPS) is 15.6. The summed E-state index contributed by atoms with van der Waals surface area (Å²) in [6.07, 6.45) is 10.0. The van der Waals surface area contributed by atoms with Crippen molar-refractivity contribution < 1.29 is 39.7 Å². The first-order valence-electron chi connectivity index (χ1n) is 13.7. The number of hydrogen-bond donors (Lipinski definition) is 0. The summed E-state index contributed by atoms with van der Waals surface area (Å²) in [4.78, 5) is 1.30. The number of terminal acetylenes is 1. The summed E-state index contributed by atoms with van der Waals surface area (Å²) < 4.78 is 84.7. The molecule has 1 aromatic heterocycles. The quantitative estimate of drug-likeness (QED) is 0.175. The second-order valence-electron chi connectivity index (χ2n) is 11.7. The van der Waals surface area contributed by atoms with Crippen molar-refractivity contribution in [1.29, 1.82) is 0 Å². The lowest BCUT2D eigenvalue weighted by Crippen LogP contribution is -2.39. The summed E-state index contributed by atoms with van der Waals surface area (Å²) >= 11 is 0. The van der Waals surface area contributed by atoms with Crippen LogP contribution in [0.4, 0.5) is 5.69 Å². The van der Waals surface area contributed by atoms with Crippen LogP contribution in [0.25, 0.3) is 17.2 Å². The zero-order chi connectivity index (χ0) is 32.0.